The van der Waals surface area contributed by atoms with Crippen molar-refractivity contribution in [2.75, 3.05) is 5.73 Å². The van der Waals surface area contributed by atoms with E-state index in [1.165, 1.54) is 5.56 Å². The zero-order valence-electron chi connectivity index (χ0n) is 7.60. The van der Waals surface area contributed by atoms with Gasteiger partial charge < -0.3 is 5.73 Å². The Morgan fingerprint density at radius 3 is 3.00 bits per heavy atom. The number of nitrogens with one attached hydrogen (secondary N) is 1. The number of rotatable bonds is 2. The van der Waals surface area contributed by atoms with Crippen LogP contribution in [0.2, 0.25) is 0 Å². The SMILES string of the molecule is CC(c1ccsc1)n1c(N)n[nH]c1=S. The Hall–Kier alpha value is -1.14. The number of H-pyrrole nitrogens is 1. The first-order valence-corrected chi connectivity index (χ1v) is 5.49. The Morgan fingerprint density at radius 2 is 2.50 bits per heavy atom. The van der Waals surface area contributed by atoms with Crippen LogP contribution in [-0.4, -0.2) is 14.8 Å². The minimum Gasteiger partial charge on any atom is -0.368 e. The Labute approximate surface area is 90.4 Å². The molecule has 1 unspecified atom stereocenters. The highest BCUT2D eigenvalue weighted by atomic mass is 32.1. The molecule has 0 bridgehead atoms. The second-order valence-electron chi connectivity index (χ2n) is 2.99. The zero-order valence-corrected chi connectivity index (χ0v) is 9.23. The van der Waals surface area contributed by atoms with Gasteiger partial charge in [0.25, 0.3) is 0 Å². The molecule has 2 aromatic heterocycles. The van der Waals surface area contributed by atoms with Crippen LogP contribution in [0.5, 0.6) is 0 Å². The molecule has 0 saturated carbocycles. The smallest absolute Gasteiger partial charge is 0.221 e. The summed E-state index contributed by atoms with van der Waals surface area (Å²) in [5, 5.41) is 10.7. The molecule has 2 rings (SSSR count). The van der Waals surface area contributed by atoms with E-state index in [9.17, 15) is 0 Å². The summed E-state index contributed by atoms with van der Waals surface area (Å²) in [6.07, 6.45) is 0. The minimum atomic E-state index is 0.132. The van der Waals surface area contributed by atoms with E-state index in [0.717, 1.165) is 0 Å². The molecule has 0 aliphatic heterocycles. The van der Waals surface area contributed by atoms with Crippen molar-refractivity contribution in [2.45, 2.75) is 13.0 Å². The molecule has 0 fully saturated rings. The zero-order chi connectivity index (χ0) is 10.1. The van der Waals surface area contributed by atoms with Crippen LogP contribution in [0.3, 0.4) is 0 Å². The van der Waals surface area contributed by atoms with Crippen molar-refractivity contribution in [3.05, 3.63) is 27.2 Å². The van der Waals surface area contributed by atoms with Crippen molar-refractivity contribution in [1.82, 2.24) is 14.8 Å². The van der Waals surface area contributed by atoms with Gasteiger partial charge in [-0.1, -0.05) is 0 Å². The van der Waals surface area contributed by atoms with Crippen LogP contribution in [0.4, 0.5) is 5.95 Å². The normalized spacial score (nSPS) is 12.9. The van der Waals surface area contributed by atoms with Crippen LogP contribution >= 0.6 is 23.6 Å². The largest absolute Gasteiger partial charge is 0.368 e. The van der Waals surface area contributed by atoms with Gasteiger partial charge in [-0.2, -0.15) is 11.3 Å². The van der Waals surface area contributed by atoms with Gasteiger partial charge in [-0.05, 0) is 41.5 Å². The average Bonchev–Trinajstić information content (AvgIpc) is 2.75. The third-order valence-corrected chi connectivity index (χ3v) is 3.13. The van der Waals surface area contributed by atoms with E-state index in [1.54, 1.807) is 15.9 Å². The fourth-order valence-electron chi connectivity index (χ4n) is 1.35. The van der Waals surface area contributed by atoms with Crippen molar-refractivity contribution in [3.63, 3.8) is 0 Å². The third kappa shape index (κ3) is 1.46. The number of nitrogens with two attached hydrogens (primary N) is 1. The molecule has 0 aliphatic carbocycles. The van der Waals surface area contributed by atoms with Crippen LogP contribution in [0.1, 0.15) is 18.5 Å². The number of nitrogens with zero attached hydrogens (tertiary/aromatic N) is 2. The summed E-state index contributed by atoms with van der Waals surface area (Å²) in [7, 11) is 0. The van der Waals surface area contributed by atoms with E-state index in [4.69, 9.17) is 18.0 Å². The van der Waals surface area contributed by atoms with Crippen LogP contribution < -0.4 is 5.73 Å². The van der Waals surface area contributed by atoms with Crippen LogP contribution in [0.15, 0.2) is 16.8 Å². The highest BCUT2D eigenvalue weighted by Gasteiger charge is 2.12. The molecular formula is C8H10N4S2. The molecule has 14 heavy (non-hydrogen) atoms. The number of nitrogen functional groups attached to an aromatic ring is 1. The fraction of sp³-hybridized carbons (Fsp3) is 0.250. The number of thiophene rings is 1. The van der Waals surface area contributed by atoms with Crippen molar-refractivity contribution >= 4 is 29.5 Å². The lowest BCUT2D eigenvalue weighted by Gasteiger charge is -2.11. The van der Waals surface area contributed by atoms with Gasteiger partial charge >= 0.3 is 0 Å². The quantitative estimate of drug-likeness (QED) is 0.772. The van der Waals surface area contributed by atoms with E-state index in [-0.39, 0.29) is 6.04 Å². The van der Waals surface area contributed by atoms with Crippen molar-refractivity contribution in [3.8, 4) is 0 Å². The summed E-state index contributed by atoms with van der Waals surface area (Å²) >= 11 is 6.75. The van der Waals surface area contributed by atoms with Gasteiger partial charge in [0.05, 0.1) is 6.04 Å². The molecule has 0 radical (unpaired) electrons. The summed E-state index contributed by atoms with van der Waals surface area (Å²) in [6, 6.07) is 2.19. The number of hydrogen-bond acceptors (Lipinski definition) is 4. The van der Waals surface area contributed by atoms with Gasteiger partial charge in [0.2, 0.25) is 5.95 Å². The number of anilines is 1. The Kier molecular flexibility index (Phi) is 2.39. The molecule has 0 saturated heterocycles. The third-order valence-electron chi connectivity index (χ3n) is 2.14. The van der Waals surface area contributed by atoms with E-state index in [1.807, 2.05) is 12.3 Å². The fourth-order valence-corrected chi connectivity index (χ4v) is 2.40. The molecule has 74 valence electrons. The first kappa shape index (κ1) is 9.42. The van der Waals surface area contributed by atoms with Crippen LogP contribution in [0.25, 0.3) is 0 Å². The van der Waals surface area contributed by atoms with E-state index < -0.39 is 0 Å². The van der Waals surface area contributed by atoms with E-state index in [0.29, 0.717) is 10.7 Å². The first-order chi connectivity index (χ1) is 6.70. The highest BCUT2D eigenvalue weighted by molar-refractivity contribution is 7.71. The van der Waals surface area contributed by atoms with Crippen LogP contribution in [-0.2, 0) is 0 Å². The van der Waals surface area contributed by atoms with Gasteiger partial charge in [-0.15, -0.1) is 5.10 Å². The number of hydrogen-bond donors (Lipinski definition) is 2. The molecule has 1 atom stereocenters. The van der Waals surface area contributed by atoms with Gasteiger partial charge in [0.15, 0.2) is 4.77 Å². The Balaban J connectivity index is 2.46. The second kappa shape index (κ2) is 3.55. The molecule has 0 aromatic carbocycles. The molecule has 4 nitrogen and oxygen atoms in total. The van der Waals surface area contributed by atoms with E-state index >= 15 is 0 Å². The number of aromatic amines is 1. The predicted octanol–water partition coefficient (Wildman–Crippen LogP) is 2.19. The monoisotopic (exact) mass is 226 g/mol. The molecule has 0 spiro atoms. The standard InChI is InChI=1S/C8H10N4S2/c1-5(6-2-3-14-4-6)12-7(9)10-11-8(12)13/h2-5H,1H3,(H2,9,10)(H,11,13). The van der Waals surface area contributed by atoms with Crippen molar-refractivity contribution in [1.29, 1.82) is 0 Å². The molecule has 6 heteroatoms. The number of aromatic nitrogens is 3. The first-order valence-electron chi connectivity index (χ1n) is 4.14. The summed E-state index contributed by atoms with van der Waals surface area (Å²) in [6.45, 7) is 2.05. The second-order valence-corrected chi connectivity index (χ2v) is 4.16. The maximum Gasteiger partial charge on any atom is 0.221 e. The lowest BCUT2D eigenvalue weighted by Crippen LogP contribution is -2.09. The molecule has 2 aromatic rings. The highest BCUT2D eigenvalue weighted by Crippen LogP contribution is 2.22. The van der Waals surface area contributed by atoms with Crippen molar-refractivity contribution < 1.29 is 0 Å². The summed E-state index contributed by atoms with van der Waals surface area (Å²) in [5.41, 5.74) is 6.90. The van der Waals surface area contributed by atoms with Crippen LogP contribution in [0, 0.1) is 4.77 Å². The van der Waals surface area contributed by atoms with Gasteiger partial charge in [0, 0.05) is 0 Å². The molecule has 0 aliphatic rings. The summed E-state index contributed by atoms with van der Waals surface area (Å²) in [4.78, 5) is 0. The maximum absolute atomic E-state index is 5.71. The summed E-state index contributed by atoms with van der Waals surface area (Å²) < 4.78 is 2.36. The lowest BCUT2D eigenvalue weighted by atomic mass is 10.2. The van der Waals surface area contributed by atoms with Gasteiger partial charge in [0.1, 0.15) is 0 Å². The predicted molar refractivity (Wildman–Crippen MR) is 60.0 cm³/mol. The van der Waals surface area contributed by atoms with Gasteiger partial charge in [-0.25, -0.2) is 5.10 Å². The minimum absolute atomic E-state index is 0.132. The molecular weight excluding hydrogens is 216 g/mol. The maximum atomic E-state index is 5.71. The molecule has 3 N–H and O–H groups in total. The lowest BCUT2D eigenvalue weighted by molar-refractivity contribution is 0.639. The Bertz CT molecular complexity index is 468. The van der Waals surface area contributed by atoms with Gasteiger partial charge in [-0.3, -0.25) is 4.57 Å². The average molecular weight is 226 g/mol. The topological polar surface area (TPSA) is 59.6 Å². The molecule has 0 amide bonds. The summed E-state index contributed by atoms with van der Waals surface area (Å²) in [5.74, 6) is 0.425. The van der Waals surface area contributed by atoms with Crippen molar-refractivity contribution in [2.24, 2.45) is 0 Å². The van der Waals surface area contributed by atoms with E-state index in [2.05, 4.69) is 21.6 Å². The Morgan fingerprint density at radius 1 is 1.71 bits per heavy atom. The molecule has 2 heterocycles.